The lowest BCUT2D eigenvalue weighted by Crippen LogP contribution is -2.23. The van der Waals surface area contributed by atoms with Gasteiger partial charge in [-0.1, -0.05) is 18.2 Å². The van der Waals surface area contributed by atoms with E-state index >= 15 is 0 Å². The highest BCUT2D eigenvalue weighted by Gasteiger charge is 2.24. The molecule has 0 aliphatic heterocycles. The Balaban J connectivity index is 1.79. The number of hydrogen-bond acceptors (Lipinski definition) is 4. The number of halogens is 4. The van der Waals surface area contributed by atoms with Crippen LogP contribution in [0.25, 0.3) is 0 Å². The molecule has 12 heteroatoms. The van der Waals surface area contributed by atoms with Crippen LogP contribution in [0.1, 0.15) is 41.7 Å². The molecular formula is C19H18F4N6O2. The van der Waals surface area contributed by atoms with Crippen LogP contribution in [0.5, 0.6) is 0 Å². The third-order valence-electron chi connectivity index (χ3n) is 4.18. The number of carbonyl (C=O) groups is 2. The molecule has 8 nitrogen and oxygen atoms in total. The average Bonchev–Trinajstić information content (AvgIpc) is 3.33. The van der Waals surface area contributed by atoms with E-state index in [4.69, 9.17) is 0 Å². The fourth-order valence-corrected chi connectivity index (χ4v) is 2.74. The Labute approximate surface area is 173 Å². The van der Waals surface area contributed by atoms with Crippen LogP contribution >= 0.6 is 0 Å². The molecule has 0 fully saturated rings. The van der Waals surface area contributed by atoms with E-state index in [0.717, 1.165) is 0 Å². The largest absolute Gasteiger partial charge is 0.321 e. The Kier molecular flexibility index (Phi) is 6.68. The molecule has 0 bridgehead atoms. The molecule has 1 aromatic carbocycles. The number of alkyl halides is 4. The van der Waals surface area contributed by atoms with Crippen molar-refractivity contribution in [2.75, 3.05) is 10.6 Å². The fraction of sp³-hybridized carbons (Fsp3) is 0.263. The Morgan fingerprint density at radius 1 is 1.03 bits per heavy atom. The Morgan fingerprint density at radius 2 is 1.74 bits per heavy atom. The van der Waals surface area contributed by atoms with Crippen molar-refractivity contribution in [2.24, 2.45) is 0 Å². The number of benzene rings is 1. The molecule has 0 saturated carbocycles. The minimum Gasteiger partial charge on any atom is -0.321 e. The summed E-state index contributed by atoms with van der Waals surface area (Å²) in [5, 5.41) is 12.5. The highest BCUT2D eigenvalue weighted by Crippen LogP contribution is 2.25. The molecule has 0 unspecified atom stereocenters. The van der Waals surface area contributed by atoms with E-state index in [1.807, 2.05) is 0 Å². The van der Waals surface area contributed by atoms with Crippen molar-refractivity contribution in [3.8, 4) is 0 Å². The van der Waals surface area contributed by atoms with Crippen LogP contribution in [0.4, 0.5) is 28.9 Å². The van der Waals surface area contributed by atoms with E-state index in [9.17, 15) is 27.2 Å². The first-order chi connectivity index (χ1) is 14.8. The smallest absolute Gasteiger partial charge is 0.282 e. The quantitative estimate of drug-likeness (QED) is 0.522. The van der Waals surface area contributed by atoms with Crippen LogP contribution in [0, 0.1) is 0 Å². The predicted molar refractivity (Wildman–Crippen MR) is 103 cm³/mol. The highest BCUT2D eigenvalue weighted by atomic mass is 19.3. The number of nitrogens with one attached hydrogen (secondary N) is 2. The molecule has 0 saturated heterocycles. The van der Waals surface area contributed by atoms with Gasteiger partial charge in [0.25, 0.3) is 18.8 Å². The van der Waals surface area contributed by atoms with Crippen LogP contribution in [0.15, 0.2) is 42.6 Å². The lowest BCUT2D eigenvalue weighted by atomic mass is 10.3. The van der Waals surface area contributed by atoms with Crippen LogP contribution < -0.4 is 10.6 Å². The maximum absolute atomic E-state index is 13.1. The summed E-state index contributed by atoms with van der Waals surface area (Å²) in [6.45, 7) is 1.42. The minimum absolute atomic E-state index is 0.0418. The van der Waals surface area contributed by atoms with Crippen molar-refractivity contribution < 1.29 is 27.2 Å². The van der Waals surface area contributed by atoms with Crippen molar-refractivity contribution in [1.82, 2.24) is 19.6 Å². The van der Waals surface area contributed by atoms with Crippen molar-refractivity contribution in [1.29, 1.82) is 0 Å². The maximum atomic E-state index is 13.1. The third-order valence-corrected chi connectivity index (χ3v) is 4.18. The summed E-state index contributed by atoms with van der Waals surface area (Å²) in [5.74, 6) is -1.43. The van der Waals surface area contributed by atoms with Crippen molar-refractivity contribution in [3.63, 3.8) is 0 Å². The number of nitrogens with zero attached hydrogens (tertiary/aromatic N) is 4. The molecular weight excluding hydrogens is 420 g/mol. The molecule has 2 N–H and O–H groups in total. The number of aryl methyl sites for hydroxylation is 1. The second-order valence-electron chi connectivity index (χ2n) is 6.37. The lowest BCUT2D eigenvalue weighted by Gasteiger charge is -2.08. The molecule has 164 valence electrons. The number of aromatic nitrogens is 4. The summed E-state index contributed by atoms with van der Waals surface area (Å²) in [4.78, 5) is 25.0. The number of hydrogen-bond donors (Lipinski definition) is 2. The first-order valence-electron chi connectivity index (χ1n) is 9.16. The Hall–Kier alpha value is -3.70. The van der Waals surface area contributed by atoms with Gasteiger partial charge in [0.2, 0.25) is 5.91 Å². The number of amides is 2. The van der Waals surface area contributed by atoms with E-state index in [0.29, 0.717) is 23.0 Å². The number of carbonyl (C=O) groups excluding carboxylic acids is 2. The number of para-hydroxylation sites is 1. The van der Waals surface area contributed by atoms with Crippen molar-refractivity contribution >= 4 is 23.2 Å². The van der Waals surface area contributed by atoms with Crippen LogP contribution in [-0.4, -0.2) is 31.4 Å². The molecule has 0 aliphatic carbocycles. The van der Waals surface area contributed by atoms with Gasteiger partial charge < -0.3 is 10.6 Å². The van der Waals surface area contributed by atoms with Crippen LogP contribution in [0.2, 0.25) is 0 Å². The number of anilines is 2. The fourth-order valence-electron chi connectivity index (χ4n) is 2.74. The predicted octanol–water partition coefficient (Wildman–Crippen LogP) is 3.87. The van der Waals surface area contributed by atoms with Crippen LogP contribution in [-0.2, 0) is 17.9 Å². The van der Waals surface area contributed by atoms with Gasteiger partial charge in [0.15, 0.2) is 5.69 Å². The van der Waals surface area contributed by atoms with Gasteiger partial charge in [-0.05, 0) is 25.1 Å². The monoisotopic (exact) mass is 438 g/mol. The van der Waals surface area contributed by atoms with Gasteiger partial charge in [-0.25, -0.2) is 17.6 Å². The highest BCUT2D eigenvalue weighted by molar-refractivity contribution is 6.08. The second kappa shape index (κ2) is 9.41. The molecule has 2 heterocycles. The van der Waals surface area contributed by atoms with E-state index in [-0.39, 0.29) is 11.4 Å². The standard InChI is InChI=1S/C19H18F4N6O2/c1-2-28-9-13(16(27-28)19(31)24-11-6-4-3-5-7-11)25-15(30)10-29-14(18(22)23)8-12(26-29)17(20)21/h3-9,17-18H,2,10H2,1H3,(H,24,31)(H,25,30). The van der Waals surface area contributed by atoms with Crippen molar-refractivity contribution in [3.05, 3.63) is 59.7 Å². The van der Waals surface area contributed by atoms with Gasteiger partial charge in [0, 0.05) is 18.4 Å². The minimum atomic E-state index is -3.09. The third kappa shape index (κ3) is 5.27. The van der Waals surface area contributed by atoms with Gasteiger partial charge in [-0.15, -0.1) is 0 Å². The summed E-state index contributed by atoms with van der Waals surface area (Å²) in [6, 6.07) is 9.10. The summed E-state index contributed by atoms with van der Waals surface area (Å²) < 4.78 is 53.7. The van der Waals surface area contributed by atoms with Crippen molar-refractivity contribution in [2.45, 2.75) is 32.9 Å². The first-order valence-corrected chi connectivity index (χ1v) is 9.16. The SMILES string of the molecule is CCn1cc(NC(=O)Cn2nc(C(F)F)cc2C(F)F)c(C(=O)Nc2ccccc2)n1. The lowest BCUT2D eigenvalue weighted by molar-refractivity contribution is -0.117. The molecule has 31 heavy (non-hydrogen) atoms. The molecule has 0 spiro atoms. The number of rotatable bonds is 8. The average molecular weight is 438 g/mol. The van der Waals surface area contributed by atoms with Gasteiger partial charge in [-0.3, -0.25) is 19.0 Å². The second-order valence-corrected chi connectivity index (χ2v) is 6.37. The molecule has 3 rings (SSSR count). The molecule has 3 aromatic rings. The zero-order valence-corrected chi connectivity index (χ0v) is 16.2. The normalized spacial score (nSPS) is 11.2. The van der Waals surface area contributed by atoms with E-state index in [1.165, 1.54) is 10.9 Å². The van der Waals surface area contributed by atoms with Crippen LogP contribution in [0.3, 0.4) is 0 Å². The molecule has 2 aromatic heterocycles. The van der Waals surface area contributed by atoms with Gasteiger partial charge in [0.05, 0.1) is 5.69 Å². The van der Waals surface area contributed by atoms with E-state index in [1.54, 1.807) is 37.3 Å². The zero-order valence-electron chi connectivity index (χ0n) is 16.2. The Morgan fingerprint density at radius 3 is 2.35 bits per heavy atom. The maximum Gasteiger partial charge on any atom is 0.282 e. The Bertz CT molecular complexity index is 1060. The van der Waals surface area contributed by atoms with Gasteiger partial charge >= 0.3 is 0 Å². The van der Waals surface area contributed by atoms with Gasteiger partial charge in [-0.2, -0.15) is 10.2 Å². The summed E-state index contributed by atoms with van der Waals surface area (Å²) in [6.07, 6.45) is -4.75. The molecule has 0 atom stereocenters. The zero-order chi connectivity index (χ0) is 22.5. The summed E-state index contributed by atoms with van der Waals surface area (Å²) in [5.41, 5.74) is -1.21. The van der Waals surface area contributed by atoms with Gasteiger partial charge in [0.1, 0.15) is 17.9 Å². The molecule has 2 amide bonds. The summed E-state index contributed by atoms with van der Waals surface area (Å²) >= 11 is 0. The molecule has 0 aliphatic rings. The molecule has 0 radical (unpaired) electrons. The first kappa shape index (κ1) is 22.0. The summed E-state index contributed by atoms with van der Waals surface area (Å²) in [7, 11) is 0. The topological polar surface area (TPSA) is 93.8 Å². The van der Waals surface area contributed by atoms with E-state index in [2.05, 4.69) is 20.8 Å². The van der Waals surface area contributed by atoms with E-state index < -0.39 is 42.6 Å².